The lowest BCUT2D eigenvalue weighted by Crippen LogP contribution is -2.02. The van der Waals surface area contributed by atoms with E-state index < -0.39 is 12.7 Å². The van der Waals surface area contributed by atoms with E-state index in [-0.39, 0.29) is 22.1 Å². The van der Waals surface area contributed by atoms with Crippen molar-refractivity contribution in [3.8, 4) is 0 Å². The smallest absolute Gasteiger partial charge is 0.303 e. The minimum absolute atomic E-state index is 0.0815. The van der Waals surface area contributed by atoms with Crippen LogP contribution in [-0.4, -0.2) is 25.4 Å². The van der Waals surface area contributed by atoms with Crippen molar-refractivity contribution in [3.05, 3.63) is 74.8 Å². The molecule has 3 N–H and O–H groups in total. The molecule has 0 aliphatic heterocycles. The van der Waals surface area contributed by atoms with Crippen LogP contribution in [0.3, 0.4) is 0 Å². The highest BCUT2D eigenvalue weighted by atomic mass is 35.5. The number of nitro groups is 1. The molecule has 0 aliphatic carbocycles. The number of benzene rings is 2. The Morgan fingerprint density at radius 3 is 2.04 bits per heavy atom. The molecule has 0 unspecified atom stereocenters. The summed E-state index contributed by atoms with van der Waals surface area (Å²) in [7, 11) is -4.64. The quantitative estimate of drug-likeness (QED) is 0.331. The molecule has 0 heterocycles. The van der Waals surface area contributed by atoms with Gasteiger partial charge in [0.25, 0.3) is 5.69 Å². The van der Waals surface area contributed by atoms with Gasteiger partial charge in [-0.3, -0.25) is 14.9 Å². The molecule has 0 bridgehead atoms. The first kappa shape index (κ1) is 19.0. The van der Waals surface area contributed by atoms with E-state index in [1.807, 2.05) is 0 Å². The summed E-state index contributed by atoms with van der Waals surface area (Å²) in [6.45, 7) is 0. The minimum Gasteiger partial charge on any atom is -0.303 e. The summed E-state index contributed by atoms with van der Waals surface area (Å²) >= 11 is 5.89. The summed E-state index contributed by atoms with van der Waals surface area (Å²) in [4.78, 5) is 43.7. The lowest BCUT2D eigenvalue weighted by molar-refractivity contribution is -0.384. The standard InChI is InChI=1S/C13H8ClNO3.H3O4P/c14-12-8-10(15(17)18)6-7-11(12)13(16)9-4-2-1-3-5-9;1-5(2,3)4/h1-8H;(H3,1,2,3,4). The van der Waals surface area contributed by atoms with Crippen molar-refractivity contribution in [2.75, 3.05) is 0 Å². The van der Waals surface area contributed by atoms with E-state index in [9.17, 15) is 14.9 Å². The Kier molecular flexibility index (Phi) is 6.56. The van der Waals surface area contributed by atoms with Crippen LogP contribution in [0.25, 0.3) is 0 Å². The third-order valence-corrected chi connectivity index (χ3v) is 2.76. The Morgan fingerprint density at radius 1 is 1.09 bits per heavy atom. The first-order chi connectivity index (χ1) is 10.6. The average Bonchev–Trinajstić information content (AvgIpc) is 2.45. The number of hydrogen-bond acceptors (Lipinski definition) is 4. The summed E-state index contributed by atoms with van der Waals surface area (Å²) in [5, 5.41) is 10.6. The molecule has 2 aromatic carbocycles. The maximum Gasteiger partial charge on any atom is 0.466 e. The molecule has 2 rings (SSSR count). The van der Waals surface area contributed by atoms with Crippen LogP contribution < -0.4 is 0 Å². The molecule has 0 fully saturated rings. The number of carbonyl (C=O) groups is 1. The van der Waals surface area contributed by atoms with Crippen molar-refractivity contribution in [1.29, 1.82) is 0 Å². The maximum absolute atomic E-state index is 12.1. The van der Waals surface area contributed by atoms with E-state index in [1.165, 1.54) is 18.2 Å². The molecular formula is C13H11ClNO7P. The van der Waals surface area contributed by atoms with E-state index in [2.05, 4.69) is 0 Å². The first-order valence-electron chi connectivity index (χ1n) is 5.91. The highest BCUT2D eigenvalue weighted by Gasteiger charge is 2.15. The summed E-state index contributed by atoms with van der Waals surface area (Å²) in [6.07, 6.45) is 0. The van der Waals surface area contributed by atoms with Crippen molar-refractivity contribution in [2.45, 2.75) is 0 Å². The molecule has 0 aromatic heterocycles. The Labute approximate surface area is 135 Å². The van der Waals surface area contributed by atoms with Crippen LogP contribution in [0.5, 0.6) is 0 Å². The molecule has 0 atom stereocenters. The highest BCUT2D eigenvalue weighted by molar-refractivity contribution is 7.45. The SMILES string of the molecule is O=C(c1ccccc1)c1ccc([N+](=O)[O-])cc1Cl.O=P(O)(O)O. The highest BCUT2D eigenvalue weighted by Crippen LogP contribution is 2.26. The van der Waals surface area contributed by atoms with Gasteiger partial charge in [-0.15, -0.1) is 0 Å². The molecule has 0 spiro atoms. The summed E-state index contributed by atoms with van der Waals surface area (Å²) in [5.74, 6) is -0.254. The second kappa shape index (κ2) is 7.96. The molecule has 23 heavy (non-hydrogen) atoms. The Hall–Kier alpha value is -2.09. The number of rotatable bonds is 3. The zero-order valence-electron chi connectivity index (χ0n) is 11.4. The number of non-ortho nitro benzene ring substituents is 1. The predicted molar refractivity (Wildman–Crippen MR) is 82.2 cm³/mol. The van der Waals surface area contributed by atoms with E-state index >= 15 is 0 Å². The minimum atomic E-state index is -4.64. The van der Waals surface area contributed by atoms with Gasteiger partial charge in [-0.1, -0.05) is 41.9 Å². The Balaban J connectivity index is 0.000000463. The molecule has 0 amide bonds. The number of phosphoric acid groups is 1. The van der Waals surface area contributed by atoms with Crippen molar-refractivity contribution in [3.63, 3.8) is 0 Å². The van der Waals surface area contributed by atoms with E-state index in [1.54, 1.807) is 30.3 Å². The molecule has 10 heteroatoms. The fourth-order valence-corrected chi connectivity index (χ4v) is 1.81. The van der Waals surface area contributed by atoms with Crippen molar-refractivity contribution < 1.29 is 29.0 Å². The molecule has 0 radical (unpaired) electrons. The third-order valence-electron chi connectivity index (χ3n) is 2.44. The van der Waals surface area contributed by atoms with E-state index in [0.29, 0.717) is 5.56 Å². The molecular weight excluding hydrogens is 349 g/mol. The van der Waals surface area contributed by atoms with Gasteiger partial charge in [0.2, 0.25) is 0 Å². The fraction of sp³-hybridized carbons (Fsp3) is 0. The average molecular weight is 360 g/mol. The van der Waals surface area contributed by atoms with Gasteiger partial charge in [0.1, 0.15) is 0 Å². The molecule has 122 valence electrons. The summed E-state index contributed by atoms with van der Waals surface area (Å²) < 4.78 is 8.88. The number of nitro benzene ring substituents is 1. The summed E-state index contributed by atoms with van der Waals surface area (Å²) in [5.41, 5.74) is 0.617. The fourth-order valence-electron chi connectivity index (χ4n) is 1.55. The normalized spacial score (nSPS) is 10.4. The lowest BCUT2D eigenvalue weighted by Gasteiger charge is -2.03. The van der Waals surface area contributed by atoms with Crippen LogP contribution >= 0.6 is 19.4 Å². The Morgan fingerprint density at radius 2 is 1.61 bits per heavy atom. The third kappa shape index (κ3) is 6.68. The van der Waals surface area contributed by atoms with Gasteiger partial charge < -0.3 is 14.7 Å². The second-order valence-electron chi connectivity index (χ2n) is 4.13. The van der Waals surface area contributed by atoms with Crippen molar-refractivity contribution in [2.24, 2.45) is 0 Å². The number of ketones is 1. The van der Waals surface area contributed by atoms with Crippen LogP contribution in [0.4, 0.5) is 5.69 Å². The number of carbonyl (C=O) groups excluding carboxylic acids is 1. The van der Waals surface area contributed by atoms with Crippen LogP contribution in [0, 0.1) is 10.1 Å². The van der Waals surface area contributed by atoms with E-state index in [4.69, 9.17) is 30.8 Å². The van der Waals surface area contributed by atoms with Crippen LogP contribution in [0.15, 0.2) is 48.5 Å². The topological polar surface area (TPSA) is 138 Å². The summed E-state index contributed by atoms with van der Waals surface area (Å²) in [6, 6.07) is 12.4. The first-order valence-corrected chi connectivity index (χ1v) is 7.86. The number of nitrogens with zero attached hydrogens (tertiary/aromatic N) is 1. The largest absolute Gasteiger partial charge is 0.466 e. The van der Waals surface area contributed by atoms with E-state index in [0.717, 1.165) is 0 Å². The second-order valence-corrected chi connectivity index (χ2v) is 5.56. The number of hydrogen-bond donors (Lipinski definition) is 3. The van der Waals surface area contributed by atoms with Crippen LogP contribution in [0.2, 0.25) is 5.02 Å². The Bertz CT molecular complexity index is 752. The molecule has 8 nitrogen and oxygen atoms in total. The van der Waals surface area contributed by atoms with Gasteiger partial charge in [0, 0.05) is 23.3 Å². The van der Waals surface area contributed by atoms with Crippen LogP contribution in [0.1, 0.15) is 15.9 Å². The van der Waals surface area contributed by atoms with Crippen molar-refractivity contribution in [1.82, 2.24) is 0 Å². The molecule has 0 saturated heterocycles. The predicted octanol–water partition coefficient (Wildman–Crippen LogP) is 2.55. The van der Waals surface area contributed by atoms with Gasteiger partial charge in [0.15, 0.2) is 5.78 Å². The number of halogens is 1. The zero-order valence-corrected chi connectivity index (χ0v) is 13.0. The molecule has 0 saturated carbocycles. The van der Waals surface area contributed by atoms with Gasteiger partial charge in [-0.05, 0) is 6.07 Å². The zero-order chi connectivity index (χ0) is 17.6. The molecule has 2 aromatic rings. The van der Waals surface area contributed by atoms with Crippen LogP contribution in [-0.2, 0) is 4.57 Å². The molecule has 0 aliphatic rings. The van der Waals surface area contributed by atoms with Gasteiger partial charge in [-0.25, -0.2) is 4.57 Å². The maximum atomic E-state index is 12.1. The van der Waals surface area contributed by atoms with Gasteiger partial charge in [0.05, 0.1) is 9.95 Å². The lowest BCUT2D eigenvalue weighted by atomic mass is 10.0. The van der Waals surface area contributed by atoms with Gasteiger partial charge in [-0.2, -0.15) is 0 Å². The monoisotopic (exact) mass is 359 g/mol. The van der Waals surface area contributed by atoms with Crippen molar-refractivity contribution >= 4 is 30.9 Å². The van der Waals surface area contributed by atoms with Gasteiger partial charge >= 0.3 is 7.82 Å².